The van der Waals surface area contributed by atoms with Crippen LogP contribution in [0, 0.1) is 5.82 Å². The zero-order chi connectivity index (χ0) is 19.0. The summed E-state index contributed by atoms with van der Waals surface area (Å²) in [6.07, 6.45) is 3.48. The summed E-state index contributed by atoms with van der Waals surface area (Å²) in [5, 5.41) is 9.42. The number of hydrogen-bond acceptors (Lipinski definition) is 4. The highest BCUT2D eigenvalue weighted by Gasteiger charge is 2.25. The van der Waals surface area contributed by atoms with Crippen LogP contribution >= 0.6 is 0 Å². The van der Waals surface area contributed by atoms with Gasteiger partial charge in [-0.3, -0.25) is 4.79 Å². The molecule has 0 bridgehead atoms. The van der Waals surface area contributed by atoms with Crippen LogP contribution in [0.1, 0.15) is 42.6 Å². The predicted octanol–water partition coefficient (Wildman–Crippen LogP) is 2.35. The van der Waals surface area contributed by atoms with Crippen LogP contribution in [0.3, 0.4) is 0 Å². The van der Waals surface area contributed by atoms with Gasteiger partial charge in [0.05, 0.1) is 11.2 Å². The molecule has 0 aliphatic carbocycles. The Morgan fingerprint density at radius 3 is 2.54 bits per heavy atom. The second-order valence-corrected chi connectivity index (χ2v) is 6.72. The number of nitrogens with zero attached hydrogens (tertiary/aromatic N) is 2. The van der Waals surface area contributed by atoms with Crippen LogP contribution in [-0.2, 0) is 13.0 Å². The van der Waals surface area contributed by atoms with Gasteiger partial charge in [0.25, 0.3) is 0 Å². The predicted molar refractivity (Wildman–Crippen MR) is 99.6 cm³/mol. The molecule has 1 fully saturated rings. The standard InChI is InChI=1S/C19H24FN3O3/c1-3-12-16-13(18(24)14(19(25)26)10-22(16)4-2)9-15(20)17(12)23-7-5-11(21)6-8-23/h9-11H,3-8,21H2,1-2H3,(H,25,26). The number of aromatic carboxylic acids is 1. The molecule has 2 heterocycles. The molecule has 1 aromatic carbocycles. The van der Waals surface area contributed by atoms with Crippen molar-refractivity contribution in [3.05, 3.63) is 39.4 Å². The number of carboxylic acids is 1. The van der Waals surface area contributed by atoms with E-state index in [0.29, 0.717) is 37.3 Å². The maximum Gasteiger partial charge on any atom is 0.341 e. The van der Waals surface area contributed by atoms with Crippen molar-refractivity contribution < 1.29 is 14.3 Å². The van der Waals surface area contributed by atoms with Gasteiger partial charge < -0.3 is 20.3 Å². The van der Waals surface area contributed by atoms with Crippen LogP contribution in [-0.4, -0.2) is 34.8 Å². The first-order valence-electron chi connectivity index (χ1n) is 9.01. The molecular weight excluding hydrogens is 337 g/mol. The van der Waals surface area contributed by atoms with Crippen LogP contribution < -0.4 is 16.1 Å². The minimum Gasteiger partial charge on any atom is -0.477 e. The SMILES string of the molecule is CCc1c(N2CCC(N)CC2)c(F)cc2c(=O)c(C(=O)O)cn(CC)c12. The minimum absolute atomic E-state index is 0.124. The summed E-state index contributed by atoms with van der Waals surface area (Å²) < 4.78 is 16.8. The van der Waals surface area contributed by atoms with E-state index < -0.39 is 17.2 Å². The summed E-state index contributed by atoms with van der Waals surface area (Å²) >= 11 is 0. The first-order chi connectivity index (χ1) is 12.4. The molecule has 26 heavy (non-hydrogen) atoms. The van der Waals surface area contributed by atoms with E-state index in [1.165, 1.54) is 12.3 Å². The summed E-state index contributed by atoms with van der Waals surface area (Å²) in [7, 11) is 0. The lowest BCUT2D eigenvalue weighted by atomic mass is 9.98. The number of fused-ring (bicyclic) bond motifs is 1. The first kappa shape index (κ1) is 18.4. The van der Waals surface area contributed by atoms with E-state index >= 15 is 4.39 Å². The Bertz CT molecular complexity index is 915. The third-order valence-corrected chi connectivity index (χ3v) is 5.17. The summed E-state index contributed by atoms with van der Waals surface area (Å²) in [5.41, 5.74) is 6.86. The second-order valence-electron chi connectivity index (χ2n) is 6.72. The number of carboxylic acid groups (broad SMARTS) is 1. The number of nitrogens with two attached hydrogens (primary N) is 1. The molecule has 7 heteroatoms. The number of anilines is 1. The fraction of sp³-hybridized carbons (Fsp3) is 0.474. The van der Waals surface area contributed by atoms with Crippen molar-refractivity contribution in [1.29, 1.82) is 0 Å². The van der Waals surface area contributed by atoms with Crippen molar-refractivity contribution in [2.45, 2.75) is 45.7 Å². The van der Waals surface area contributed by atoms with E-state index in [-0.39, 0.29) is 17.0 Å². The lowest BCUT2D eigenvalue weighted by molar-refractivity contribution is 0.0695. The van der Waals surface area contributed by atoms with Crippen LogP contribution in [0.25, 0.3) is 10.9 Å². The van der Waals surface area contributed by atoms with E-state index in [4.69, 9.17) is 5.73 Å². The van der Waals surface area contributed by atoms with Gasteiger partial charge in [-0.05, 0) is 32.3 Å². The van der Waals surface area contributed by atoms with Crippen molar-refractivity contribution in [1.82, 2.24) is 4.57 Å². The number of rotatable bonds is 4. The van der Waals surface area contributed by atoms with Gasteiger partial charge in [-0.25, -0.2) is 9.18 Å². The topological polar surface area (TPSA) is 88.6 Å². The van der Waals surface area contributed by atoms with Gasteiger partial charge in [0.15, 0.2) is 0 Å². The van der Waals surface area contributed by atoms with Gasteiger partial charge in [-0.15, -0.1) is 0 Å². The van der Waals surface area contributed by atoms with Gasteiger partial charge in [-0.1, -0.05) is 6.92 Å². The van der Waals surface area contributed by atoms with Crippen molar-refractivity contribution >= 4 is 22.6 Å². The molecule has 2 aromatic rings. The molecule has 1 aromatic heterocycles. The third-order valence-electron chi connectivity index (χ3n) is 5.17. The van der Waals surface area contributed by atoms with E-state index in [1.807, 2.05) is 18.7 Å². The van der Waals surface area contributed by atoms with Crippen molar-refractivity contribution in [2.24, 2.45) is 5.73 Å². The third kappa shape index (κ3) is 2.96. The molecule has 1 aliphatic heterocycles. The smallest absolute Gasteiger partial charge is 0.341 e. The number of aromatic nitrogens is 1. The number of hydrogen-bond donors (Lipinski definition) is 2. The molecule has 0 spiro atoms. The first-order valence-corrected chi connectivity index (χ1v) is 9.01. The monoisotopic (exact) mass is 361 g/mol. The molecular formula is C19H24FN3O3. The summed E-state index contributed by atoms with van der Waals surface area (Å²) in [4.78, 5) is 26.0. The van der Waals surface area contributed by atoms with Crippen LogP contribution in [0.4, 0.5) is 10.1 Å². The Hall–Kier alpha value is -2.41. The summed E-state index contributed by atoms with van der Waals surface area (Å²) in [6.45, 7) is 5.61. The van der Waals surface area contributed by atoms with Crippen LogP contribution in [0.15, 0.2) is 17.1 Å². The molecule has 0 atom stereocenters. The molecule has 0 unspecified atom stereocenters. The highest BCUT2D eigenvalue weighted by atomic mass is 19.1. The highest BCUT2D eigenvalue weighted by molar-refractivity contribution is 5.95. The Morgan fingerprint density at radius 1 is 1.35 bits per heavy atom. The van der Waals surface area contributed by atoms with Crippen molar-refractivity contribution in [3.8, 4) is 0 Å². The number of carbonyl (C=O) groups is 1. The molecule has 0 amide bonds. The average molecular weight is 361 g/mol. The zero-order valence-corrected chi connectivity index (χ0v) is 15.1. The lowest BCUT2D eigenvalue weighted by Gasteiger charge is -2.34. The molecule has 6 nitrogen and oxygen atoms in total. The molecule has 0 radical (unpaired) electrons. The molecule has 3 rings (SSSR count). The normalized spacial score (nSPS) is 15.6. The summed E-state index contributed by atoms with van der Waals surface area (Å²) in [5.74, 6) is -1.78. The summed E-state index contributed by atoms with van der Waals surface area (Å²) in [6, 6.07) is 1.33. The molecule has 1 aliphatic rings. The zero-order valence-electron chi connectivity index (χ0n) is 15.1. The Morgan fingerprint density at radius 2 is 2.00 bits per heavy atom. The Balaban J connectivity index is 2.32. The van der Waals surface area contributed by atoms with Gasteiger partial charge in [0.1, 0.15) is 11.4 Å². The molecule has 3 N–H and O–H groups in total. The van der Waals surface area contributed by atoms with Gasteiger partial charge >= 0.3 is 5.97 Å². The van der Waals surface area contributed by atoms with Crippen LogP contribution in [0.5, 0.6) is 0 Å². The molecule has 1 saturated heterocycles. The maximum atomic E-state index is 15.0. The number of aryl methyl sites for hydroxylation is 2. The fourth-order valence-corrected chi connectivity index (χ4v) is 3.81. The maximum absolute atomic E-state index is 15.0. The highest BCUT2D eigenvalue weighted by Crippen LogP contribution is 2.33. The minimum atomic E-state index is -1.30. The van der Waals surface area contributed by atoms with Crippen LogP contribution in [0.2, 0.25) is 0 Å². The van der Waals surface area contributed by atoms with Crippen molar-refractivity contribution in [2.75, 3.05) is 18.0 Å². The molecule has 0 saturated carbocycles. The van der Waals surface area contributed by atoms with Gasteiger partial charge in [0, 0.05) is 42.8 Å². The second kappa shape index (κ2) is 7.07. The number of halogens is 1. The Labute approximate surface area is 151 Å². The van der Waals surface area contributed by atoms with E-state index in [1.54, 1.807) is 4.57 Å². The van der Waals surface area contributed by atoms with E-state index in [9.17, 15) is 14.7 Å². The fourth-order valence-electron chi connectivity index (χ4n) is 3.81. The number of piperidine rings is 1. The number of benzene rings is 1. The van der Waals surface area contributed by atoms with E-state index in [2.05, 4.69) is 0 Å². The lowest BCUT2D eigenvalue weighted by Crippen LogP contribution is -2.40. The van der Waals surface area contributed by atoms with Gasteiger partial charge in [0.2, 0.25) is 5.43 Å². The van der Waals surface area contributed by atoms with Crippen molar-refractivity contribution in [3.63, 3.8) is 0 Å². The quantitative estimate of drug-likeness (QED) is 0.873. The molecule has 140 valence electrons. The largest absolute Gasteiger partial charge is 0.477 e. The Kier molecular flexibility index (Phi) is 5.00. The average Bonchev–Trinajstić information content (AvgIpc) is 2.62. The number of pyridine rings is 1. The van der Waals surface area contributed by atoms with E-state index in [0.717, 1.165) is 18.4 Å². The van der Waals surface area contributed by atoms with Gasteiger partial charge in [-0.2, -0.15) is 0 Å².